The molecule has 4 nitrogen and oxygen atoms in total. The lowest BCUT2D eigenvalue weighted by Crippen LogP contribution is -2.08. The van der Waals surface area contributed by atoms with Gasteiger partial charge in [-0.25, -0.2) is 9.78 Å². The minimum Gasteiger partial charge on any atom is -0.507 e. The van der Waals surface area contributed by atoms with Crippen molar-refractivity contribution in [1.29, 1.82) is 0 Å². The second kappa shape index (κ2) is 3.86. The lowest BCUT2D eigenvalue weighted by molar-refractivity contribution is -0.140. The van der Waals surface area contributed by atoms with Crippen molar-refractivity contribution in [3.8, 4) is 5.75 Å². The fourth-order valence-corrected chi connectivity index (χ4v) is 1.50. The first-order chi connectivity index (χ1) is 8.29. The number of halogens is 3. The molecule has 0 aliphatic rings. The maximum absolute atomic E-state index is 12.4. The summed E-state index contributed by atoms with van der Waals surface area (Å²) in [5, 5.41) is 18.3. The molecule has 0 radical (unpaired) electrons. The smallest absolute Gasteiger partial charge is 0.433 e. The number of rotatable bonds is 1. The van der Waals surface area contributed by atoms with E-state index in [4.69, 9.17) is 5.11 Å². The first kappa shape index (κ1) is 12.2. The van der Waals surface area contributed by atoms with Crippen molar-refractivity contribution in [2.75, 3.05) is 0 Å². The maximum Gasteiger partial charge on any atom is 0.433 e. The fourth-order valence-electron chi connectivity index (χ4n) is 1.50. The van der Waals surface area contributed by atoms with E-state index in [0.29, 0.717) is 0 Å². The molecule has 7 heteroatoms. The van der Waals surface area contributed by atoms with Crippen molar-refractivity contribution in [1.82, 2.24) is 4.98 Å². The Morgan fingerprint density at radius 1 is 1.22 bits per heavy atom. The SMILES string of the molecule is O=C(O)c1cc(O)c2ccc(C(F)(F)F)nc2c1. The van der Waals surface area contributed by atoms with Gasteiger partial charge in [-0.1, -0.05) is 0 Å². The van der Waals surface area contributed by atoms with E-state index in [1.165, 1.54) is 0 Å². The quantitative estimate of drug-likeness (QED) is 0.823. The zero-order valence-electron chi connectivity index (χ0n) is 8.69. The number of hydrogen-bond donors (Lipinski definition) is 2. The molecule has 0 spiro atoms. The molecule has 2 aromatic rings. The number of carboxylic acid groups (broad SMARTS) is 1. The zero-order chi connectivity index (χ0) is 13.5. The molecule has 0 unspecified atom stereocenters. The molecule has 0 fully saturated rings. The Bertz CT molecular complexity index is 637. The Morgan fingerprint density at radius 3 is 2.44 bits per heavy atom. The van der Waals surface area contributed by atoms with Crippen LogP contribution in [-0.2, 0) is 6.18 Å². The summed E-state index contributed by atoms with van der Waals surface area (Å²) in [4.78, 5) is 14.0. The molecule has 2 N–H and O–H groups in total. The Morgan fingerprint density at radius 2 is 1.89 bits per heavy atom. The van der Waals surface area contributed by atoms with Crippen molar-refractivity contribution >= 4 is 16.9 Å². The van der Waals surface area contributed by atoms with E-state index >= 15 is 0 Å². The van der Waals surface area contributed by atoms with Gasteiger partial charge in [0, 0.05) is 5.39 Å². The second-order valence-corrected chi connectivity index (χ2v) is 3.56. The Kier molecular flexibility index (Phi) is 2.61. The van der Waals surface area contributed by atoms with Crippen LogP contribution in [0.1, 0.15) is 16.1 Å². The normalized spacial score (nSPS) is 11.7. The monoisotopic (exact) mass is 257 g/mol. The van der Waals surface area contributed by atoms with Crippen LogP contribution in [0.25, 0.3) is 10.9 Å². The van der Waals surface area contributed by atoms with E-state index < -0.39 is 23.6 Å². The van der Waals surface area contributed by atoms with Gasteiger partial charge in [0.1, 0.15) is 11.4 Å². The Labute approximate surface area is 98.3 Å². The standard InChI is InChI=1S/C11H6F3NO3/c12-11(13,14)9-2-1-6-7(15-9)3-5(10(17)18)4-8(6)16/h1-4,16H,(H,17,18). The number of aromatic hydroxyl groups is 1. The minimum absolute atomic E-state index is 0.0630. The van der Waals surface area contributed by atoms with Crippen molar-refractivity contribution in [3.63, 3.8) is 0 Å². The van der Waals surface area contributed by atoms with Crippen molar-refractivity contribution < 1.29 is 28.2 Å². The van der Waals surface area contributed by atoms with Crippen LogP contribution in [0.4, 0.5) is 13.2 Å². The van der Waals surface area contributed by atoms with Gasteiger partial charge in [-0.05, 0) is 24.3 Å². The van der Waals surface area contributed by atoms with Gasteiger partial charge in [-0.3, -0.25) is 0 Å². The van der Waals surface area contributed by atoms with Crippen LogP contribution in [0.3, 0.4) is 0 Å². The first-order valence-electron chi connectivity index (χ1n) is 4.73. The number of alkyl halides is 3. The van der Waals surface area contributed by atoms with Crippen LogP contribution in [0, 0.1) is 0 Å². The average molecular weight is 257 g/mol. The van der Waals surface area contributed by atoms with E-state index in [1.807, 2.05) is 0 Å². The number of aromatic nitrogens is 1. The third kappa shape index (κ3) is 2.06. The number of carboxylic acids is 1. The van der Waals surface area contributed by atoms with Gasteiger partial charge in [0.2, 0.25) is 0 Å². The van der Waals surface area contributed by atoms with Gasteiger partial charge in [0.05, 0.1) is 11.1 Å². The fraction of sp³-hybridized carbons (Fsp3) is 0.0909. The average Bonchev–Trinajstić information content (AvgIpc) is 2.26. The molecule has 1 aromatic heterocycles. The summed E-state index contributed by atoms with van der Waals surface area (Å²) in [6.07, 6.45) is -4.62. The number of benzene rings is 1. The summed E-state index contributed by atoms with van der Waals surface area (Å²) in [6.45, 7) is 0. The number of nitrogens with zero attached hydrogens (tertiary/aromatic N) is 1. The maximum atomic E-state index is 12.4. The summed E-state index contributed by atoms with van der Waals surface area (Å²) < 4.78 is 37.3. The Balaban J connectivity index is 2.72. The molecule has 0 atom stereocenters. The highest BCUT2D eigenvalue weighted by molar-refractivity contribution is 5.95. The first-order valence-corrected chi connectivity index (χ1v) is 4.73. The Hall–Kier alpha value is -2.31. The van der Waals surface area contributed by atoms with E-state index in [0.717, 1.165) is 24.3 Å². The van der Waals surface area contributed by atoms with E-state index in [1.54, 1.807) is 0 Å². The highest BCUT2D eigenvalue weighted by Gasteiger charge is 2.32. The highest BCUT2D eigenvalue weighted by Crippen LogP contribution is 2.31. The lowest BCUT2D eigenvalue weighted by atomic mass is 10.1. The predicted octanol–water partition coefficient (Wildman–Crippen LogP) is 2.66. The van der Waals surface area contributed by atoms with Gasteiger partial charge < -0.3 is 10.2 Å². The summed E-state index contributed by atoms with van der Waals surface area (Å²) in [5.41, 5.74) is -1.69. The largest absolute Gasteiger partial charge is 0.507 e. The van der Waals surface area contributed by atoms with Crippen LogP contribution < -0.4 is 0 Å². The summed E-state index contributed by atoms with van der Waals surface area (Å²) in [7, 11) is 0. The van der Waals surface area contributed by atoms with E-state index in [-0.39, 0.29) is 16.5 Å². The molecule has 18 heavy (non-hydrogen) atoms. The highest BCUT2D eigenvalue weighted by atomic mass is 19.4. The summed E-state index contributed by atoms with van der Waals surface area (Å²) in [5.74, 6) is -1.78. The van der Waals surface area contributed by atoms with Gasteiger partial charge in [-0.2, -0.15) is 13.2 Å². The van der Waals surface area contributed by atoms with Gasteiger partial charge in [0.15, 0.2) is 0 Å². The summed E-state index contributed by atoms with van der Waals surface area (Å²) in [6, 6.07) is 3.71. The van der Waals surface area contributed by atoms with Crippen molar-refractivity contribution in [2.24, 2.45) is 0 Å². The second-order valence-electron chi connectivity index (χ2n) is 3.56. The van der Waals surface area contributed by atoms with E-state index in [9.17, 15) is 23.1 Å². The number of carbonyl (C=O) groups is 1. The molecule has 0 aliphatic heterocycles. The van der Waals surface area contributed by atoms with Crippen LogP contribution in [0.5, 0.6) is 5.75 Å². The summed E-state index contributed by atoms with van der Waals surface area (Å²) >= 11 is 0. The molecular weight excluding hydrogens is 251 g/mol. The third-order valence-electron chi connectivity index (χ3n) is 2.32. The molecule has 94 valence electrons. The minimum atomic E-state index is -4.62. The van der Waals surface area contributed by atoms with Crippen LogP contribution in [-0.4, -0.2) is 21.2 Å². The molecule has 0 saturated heterocycles. The molecular formula is C11H6F3NO3. The number of phenols is 1. The predicted molar refractivity (Wildman–Crippen MR) is 55.4 cm³/mol. The third-order valence-corrected chi connectivity index (χ3v) is 2.32. The van der Waals surface area contributed by atoms with Crippen molar-refractivity contribution in [2.45, 2.75) is 6.18 Å². The molecule has 0 saturated carbocycles. The van der Waals surface area contributed by atoms with Crippen molar-refractivity contribution in [3.05, 3.63) is 35.5 Å². The van der Waals surface area contributed by atoms with E-state index in [2.05, 4.69) is 4.98 Å². The number of fused-ring (bicyclic) bond motifs is 1. The van der Waals surface area contributed by atoms with Gasteiger partial charge in [-0.15, -0.1) is 0 Å². The number of pyridine rings is 1. The number of aromatic carboxylic acids is 1. The van der Waals surface area contributed by atoms with Gasteiger partial charge in [0.25, 0.3) is 0 Å². The van der Waals surface area contributed by atoms with Crippen LogP contribution >= 0.6 is 0 Å². The molecule has 1 heterocycles. The zero-order valence-corrected chi connectivity index (χ0v) is 8.69. The van der Waals surface area contributed by atoms with Gasteiger partial charge >= 0.3 is 12.1 Å². The molecule has 0 bridgehead atoms. The topological polar surface area (TPSA) is 70.4 Å². The lowest BCUT2D eigenvalue weighted by Gasteiger charge is -2.08. The molecule has 2 rings (SSSR count). The number of hydrogen-bond acceptors (Lipinski definition) is 3. The molecule has 1 aromatic carbocycles. The van der Waals surface area contributed by atoms with Crippen LogP contribution in [0.2, 0.25) is 0 Å². The molecule has 0 amide bonds. The number of phenolic OH excluding ortho intramolecular Hbond substituents is 1. The van der Waals surface area contributed by atoms with Crippen LogP contribution in [0.15, 0.2) is 24.3 Å². The molecule has 0 aliphatic carbocycles.